The van der Waals surface area contributed by atoms with Gasteiger partial charge in [-0.1, -0.05) is 12.1 Å². The molecule has 1 fully saturated rings. The Morgan fingerprint density at radius 3 is 2.30 bits per heavy atom. The van der Waals surface area contributed by atoms with Gasteiger partial charge < -0.3 is 14.4 Å². The number of nitrogens with zero attached hydrogens (tertiary/aromatic N) is 2. The highest BCUT2D eigenvalue weighted by Gasteiger charge is 2.19. The summed E-state index contributed by atoms with van der Waals surface area (Å²) < 4.78 is 33.7. The van der Waals surface area contributed by atoms with E-state index >= 15 is 0 Å². The van der Waals surface area contributed by atoms with Crippen LogP contribution in [0.15, 0.2) is 53.4 Å². The minimum atomic E-state index is -3.67. The summed E-state index contributed by atoms with van der Waals surface area (Å²) in [6.07, 6.45) is 0. The molecule has 1 saturated heterocycles. The van der Waals surface area contributed by atoms with E-state index in [1.165, 1.54) is 12.1 Å². The maximum absolute atomic E-state index is 11.3. The van der Waals surface area contributed by atoms with Crippen LogP contribution in [0.3, 0.4) is 0 Å². The number of benzene rings is 2. The van der Waals surface area contributed by atoms with E-state index in [0.717, 1.165) is 44.2 Å². The van der Waals surface area contributed by atoms with Crippen LogP contribution >= 0.6 is 0 Å². The number of hydrogen-bond donors (Lipinski definition) is 1. The third-order valence-corrected chi connectivity index (χ3v) is 5.56. The van der Waals surface area contributed by atoms with Crippen LogP contribution in [0.1, 0.15) is 0 Å². The van der Waals surface area contributed by atoms with Gasteiger partial charge in [-0.15, -0.1) is 0 Å². The van der Waals surface area contributed by atoms with Crippen molar-refractivity contribution in [2.24, 2.45) is 5.14 Å². The van der Waals surface area contributed by atoms with Crippen molar-refractivity contribution in [3.05, 3.63) is 48.5 Å². The quantitative estimate of drug-likeness (QED) is 0.771. The molecule has 1 heterocycles. The molecule has 0 saturated carbocycles. The van der Waals surface area contributed by atoms with Crippen molar-refractivity contribution in [1.82, 2.24) is 4.90 Å². The highest BCUT2D eigenvalue weighted by atomic mass is 32.2. The first kappa shape index (κ1) is 19.5. The molecule has 0 radical (unpaired) electrons. The fraction of sp³-hybridized carbons (Fsp3) is 0.368. The molecule has 2 aromatic rings. The van der Waals surface area contributed by atoms with Crippen molar-refractivity contribution in [2.45, 2.75) is 4.90 Å². The molecule has 2 N–H and O–H groups in total. The van der Waals surface area contributed by atoms with Crippen molar-refractivity contribution >= 4 is 15.7 Å². The van der Waals surface area contributed by atoms with Crippen molar-refractivity contribution in [2.75, 3.05) is 51.3 Å². The minimum absolute atomic E-state index is 0.0855. The van der Waals surface area contributed by atoms with Gasteiger partial charge in [-0.3, -0.25) is 4.90 Å². The summed E-state index contributed by atoms with van der Waals surface area (Å²) in [6, 6.07) is 14.2. The second-order valence-corrected chi connectivity index (χ2v) is 7.93. The van der Waals surface area contributed by atoms with Gasteiger partial charge in [0.05, 0.1) is 17.7 Å². The number of primary sulfonamides is 1. The van der Waals surface area contributed by atoms with Crippen LogP contribution in [0.5, 0.6) is 11.5 Å². The molecule has 0 atom stereocenters. The van der Waals surface area contributed by atoms with E-state index in [2.05, 4.69) is 15.9 Å². The molecule has 8 heteroatoms. The molecule has 0 spiro atoms. The van der Waals surface area contributed by atoms with E-state index in [-0.39, 0.29) is 4.90 Å². The lowest BCUT2D eigenvalue weighted by Gasteiger charge is -2.36. The summed E-state index contributed by atoms with van der Waals surface area (Å²) in [5.74, 6) is 1.53. The summed E-state index contributed by atoms with van der Waals surface area (Å²) in [7, 11) is -1.97. The van der Waals surface area contributed by atoms with E-state index in [0.29, 0.717) is 12.4 Å². The molecule has 7 nitrogen and oxygen atoms in total. The average Bonchev–Trinajstić information content (AvgIpc) is 2.68. The topological polar surface area (TPSA) is 85.1 Å². The Labute approximate surface area is 160 Å². The maximum Gasteiger partial charge on any atom is 0.238 e. The van der Waals surface area contributed by atoms with Crippen molar-refractivity contribution in [3.8, 4) is 11.5 Å². The number of hydrogen-bond acceptors (Lipinski definition) is 6. The van der Waals surface area contributed by atoms with Gasteiger partial charge in [0.1, 0.15) is 18.1 Å². The largest absolute Gasteiger partial charge is 0.495 e. The molecule has 0 amide bonds. The van der Waals surface area contributed by atoms with Gasteiger partial charge in [-0.05, 0) is 36.4 Å². The number of nitrogens with two attached hydrogens (primary N) is 1. The molecule has 3 rings (SSSR count). The molecule has 1 aliphatic rings. The lowest BCUT2D eigenvalue weighted by atomic mass is 10.2. The number of rotatable bonds is 7. The van der Waals surface area contributed by atoms with E-state index in [4.69, 9.17) is 14.6 Å². The van der Waals surface area contributed by atoms with Crippen molar-refractivity contribution in [3.63, 3.8) is 0 Å². The number of para-hydroxylation sites is 2. The van der Waals surface area contributed by atoms with Gasteiger partial charge in [0.2, 0.25) is 10.0 Å². The first-order valence-electron chi connectivity index (χ1n) is 8.83. The van der Waals surface area contributed by atoms with E-state index in [1.54, 1.807) is 19.2 Å². The fourth-order valence-electron chi connectivity index (χ4n) is 3.12. The fourth-order valence-corrected chi connectivity index (χ4v) is 3.64. The Kier molecular flexibility index (Phi) is 6.20. The summed E-state index contributed by atoms with van der Waals surface area (Å²) in [5, 5.41) is 5.09. The standard InChI is InChI=1S/C19H25N3O4S/c1-25-19-5-3-2-4-18(19)22-12-10-21(11-13-22)14-15-26-16-6-8-17(9-7-16)27(20,23)24/h2-9H,10-15H2,1H3,(H2,20,23,24). The molecule has 0 bridgehead atoms. The Bertz CT molecular complexity index is 848. The van der Waals surface area contributed by atoms with Gasteiger partial charge in [0.15, 0.2) is 0 Å². The highest BCUT2D eigenvalue weighted by molar-refractivity contribution is 7.89. The first-order chi connectivity index (χ1) is 13.0. The monoisotopic (exact) mass is 391 g/mol. The van der Waals surface area contributed by atoms with Gasteiger partial charge in [-0.2, -0.15) is 0 Å². The van der Waals surface area contributed by atoms with Gasteiger partial charge >= 0.3 is 0 Å². The molecule has 1 aliphatic heterocycles. The van der Waals surface area contributed by atoms with Crippen LogP contribution < -0.4 is 19.5 Å². The third kappa shape index (κ3) is 5.12. The SMILES string of the molecule is COc1ccccc1N1CCN(CCOc2ccc(S(N)(=O)=O)cc2)CC1. The first-order valence-corrected chi connectivity index (χ1v) is 10.4. The molecule has 0 aromatic heterocycles. The van der Waals surface area contributed by atoms with E-state index in [9.17, 15) is 8.42 Å². The molecule has 27 heavy (non-hydrogen) atoms. The second kappa shape index (κ2) is 8.60. The maximum atomic E-state index is 11.3. The van der Waals surface area contributed by atoms with Crippen LogP contribution in [0, 0.1) is 0 Å². The van der Waals surface area contributed by atoms with Crippen molar-refractivity contribution in [1.29, 1.82) is 0 Å². The van der Waals surface area contributed by atoms with Crippen LogP contribution in [0.4, 0.5) is 5.69 Å². The molecular formula is C19H25N3O4S. The summed E-state index contributed by atoms with van der Waals surface area (Å²) in [6.45, 7) is 5.13. The zero-order valence-electron chi connectivity index (χ0n) is 15.4. The van der Waals surface area contributed by atoms with Crippen LogP contribution in [-0.4, -0.2) is 59.8 Å². The number of sulfonamides is 1. The molecular weight excluding hydrogens is 366 g/mol. The number of methoxy groups -OCH3 is 1. The van der Waals surface area contributed by atoms with Gasteiger partial charge in [0, 0.05) is 32.7 Å². The lowest BCUT2D eigenvalue weighted by Crippen LogP contribution is -2.47. The molecule has 0 unspecified atom stereocenters. The summed E-state index contributed by atoms with van der Waals surface area (Å²) in [4.78, 5) is 4.77. The van der Waals surface area contributed by atoms with Gasteiger partial charge in [-0.25, -0.2) is 13.6 Å². The summed E-state index contributed by atoms with van der Waals surface area (Å²) >= 11 is 0. The Balaban J connectivity index is 1.45. The predicted octanol–water partition coefficient (Wildman–Crippen LogP) is 1.54. The Morgan fingerprint density at radius 1 is 1.00 bits per heavy atom. The Morgan fingerprint density at radius 2 is 1.67 bits per heavy atom. The highest BCUT2D eigenvalue weighted by Crippen LogP contribution is 2.28. The lowest BCUT2D eigenvalue weighted by molar-refractivity contribution is 0.200. The third-order valence-electron chi connectivity index (χ3n) is 4.63. The molecule has 2 aromatic carbocycles. The van der Waals surface area contributed by atoms with Crippen molar-refractivity contribution < 1.29 is 17.9 Å². The average molecular weight is 391 g/mol. The number of ether oxygens (including phenoxy) is 2. The van der Waals surface area contributed by atoms with E-state index < -0.39 is 10.0 Å². The van der Waals surface area contributed by atoms with Gasteiger partial charge in [0.25, 0.3) is 0 Å². The zero-order valence-corrected chi connectivity index (χ0v) is 16.2. The number of piperazine rings is 1. The minimum Gasteiger partial charge on any atom is -0.495 e. The zero-order chi connectivity index (χ0) is 19.3. The second-order valence-electron chi connectivity index (χ2n) is 6.37. The molecule has 146 valence electrons. The molecule has 0 aliphatic carbocycles. The predicted molar refractivity (Wildman–Crippen MR) is 105 cm³/mol. The van der Waals surface area contributed by atoms with Crippen LogP contribution in [0.25, 0.3) is 0 Å². The smallest absolute Gasteiger partial charge is 0.238 e. The summed E-state index contributed by atoms with van der Waals surface area (Å²) in [5.41, 5.74) is 1.13. The number of anilines is 1. The van der Waals surface area contributed by atoms with E-state index in [1.807, 2.05) is 18.2 Å². The van der Waals surface area contributed by atoms with Crippen LogP contribution in [0.2, 0.25) is 0 Å². The van der Waals surface area contributed by atoms with Crippen LogP contribution in [-0.2, 0) is 10.0 Å². The normalized spacial score (nSPS) is 15.6. The Hall–Kier alpha value is -2.29.